The molecular weight excluding hydrogens is 554 g/mol. The predicted octanol–water partition coefficient (Wildman–Crippen LogP) is 3.27. The number of carbonyl (C=O) groups is 1. The van der Waals surface area contributed by atoms with Gasteiger partial charge in [-0.05, 0) is 55.3 Å². The molecule has 0 radical (unpaired) electrons. The summed E-state index contributed by atoms with van der Waals surface area (Å²) in [5.74, 6) is -3.57. The number of benzene rings is 2. The molecule has 10 nitrogen and oxygen atoms in total. The van der Waals surface area contributed by atoms with Crippen LogP contribution >= 0.6 is 7.82 Å². The number of nitrogens with zero attached hydrogens (tertiary/aromatic N) is 3. The lowest BCUT2D eigenvalue weighted by atomic mass is 9.98. The van der Waals surface area contributed by atoms with Gasteiger partial charge >= 0.3 is 7.82 Å². The van der Waals surface area contributed by atoms with E-state index in [1.54, 1.807) is 26.1 Å². The molecule has 1 aromatic heterocycles. The summed E-state index contributed by atoms with van der Waals surface area (Å²) in [6.07, 6.45) is 2.65. The van der Waals surface area contributed by atoms with E-state index >= 15 is 4.39 Å². The lowest BCUT2D eigenvalue weighted by Crippen LogP contribution is -2.48. The Kier molecular flexibility index (Phi) is 8.52. The Morgan fingerprint density at radius 3 is 2.52 bits per heavy atom. The number of aromatic nitrogens is 2. The molecule has 2 heterocycles. The molecule has 3 N–H and O–H groups in total. The molecule has 0 spiro atoms. The first-order valence-corrected chi connectivity index (χ1v) is 13.7. The fourth-order valence-corrected chi connectivity index (χ4v) is 4.76. The molecule has 214 valence electrons. The second-order valence-electron chi connectivity index (χ2n) is 9.48. The van der Waals surface area contributed by atoms with Crippen LogP contribution in [0.3, 0.4) is 0 Å². The molecule has 1 fully saturated rings. The molecule has 3 atom stereocenters. The first-order chi connectivity index (χ1) is 18.7. The summed E-state index contributed by atoms with van der Waals surface area (Å²) >= 11 is 0. The van der Waals surface area contributed by atoms with Gasteiger partial charge in [0.15, 0.2) is 28.9 Å². The van der Waals surface area contributed by atoms with Crippen LogP contribution in [0.5, 0.6) is 0 Å². The maximum absolute atomic E-state index is 15.1. The van der Waals surface area contributed by atoms with Crippen molar-refractivity contribution in [3.63, 3.8) is 0 Å². The molecule has 3 aromatic rings. The molecule has 14 heteroatoms. The van der Waals surface area contributed by atoms with Gasteiger partial charge in [0.1, 0.15) is 18.0 Å². The molecule has 1 aliphatic rings. The van der Waals surface area contributed by atoms with Gasteiger partial charge in [-0.15, -0.1) is 0 Å². The minimum Gasteiger partial charge on any atom is -0.483 e. The van der Waals surface area contributed by atoms with Gasteiger partial charge in [0.05, 0.1) is 18.7 Å². The lowest BCUT2D eigenvalue weighted by molar-refractivity contribution is -0.597. The molecule has 0 bridgehead atoms. The molecule has 1 saturated heterocycles. The van der Waals surface area contributed by atoms with Crippen molar-refractivity contribution in [2.45, 2.75) is 45.8 Å². The SMILES string of the molecule is Cc1c[n+](-c2ccc(C=C3O[C@@H](C)CN([C@H](c4ccc(F)c(F)c4)[C@@H](C)O)C3=O)cc2F)cn1COP(=O)(O)O. The highest BCUT2D eigenvalue weighted by molar-refractivity contribution is 7.46. The number of rotatable bonds is 8. The van der Waals surface area contributed by atoms with E-state index in [1.807, 2.05) is 0 Å². The van der Waals surface area contributed by atoms with E-state index in [0.717, 1.165) is 12.1 Å². The molecule has 2 aromatic carbocycles. The Balaban J connectivity index is 1.60. The number of hydrogen-bond donors (Lipinski definition) is 3. The standard InChI is InChI=1S/C26H27F3N3O7P/c1-15-11-30(13-31(15)14-38-40(35,36)37)23-7-4-18(8-22(23)29)9-24-26(34)32(12-16(2)39-24)25(17(3)33)19-5-6-20(27)21(28)10-19/h4-11,13,16-17,25,33H,12,14H2,1-3H3,(H-,35,36,37)/p+1/t16-,17+,25-/m0/s1. The van der Waals surface area contributed by atoms with Crippen LogP contribution in [0, 0.1) is 24.4 Å². The molecule has 1 aliphatic heterocycles. The third-order valence-electron chi connectivity index (χ3n) is 6.29. The van der Waals surface area contributed by atoms with Crippen LogP contribution in [-0.4, -0.2) is 49.0 Å². The van der Waals surface area contributed by atoms with Crippen molar-refractivity contribution in [3.8, 4) is 5.69 Å². The summed E-state index contributed by atoms with van der Waals surface area (Å²) in [7, 11) is -4.69. The largest absolute Gasteiger partial charge is 0.483 e. The Bertz CT molecular complexity index is 1500. The Morgan fingerprint density at radius 1 is 1.18 bits per heavy atom. The van der Waals surface area contributed by atoms with Crippen LogP contribution < -0.4 is 4.57 Å². The minimum atomic E-state index is -4.69. The van der Waals surface area contributed by atoms with E-state index in [1.165, 1.54) is 51.6 Å². The van der Waals surface area contributed by atoms with Crippen LogP contribution in [0.2, 0.25) is 0 Å². The highest BCUT2D eigenvalue weighted by Gasteiger charge is 2.37. The van der Waals surface area contributed by atoms with Gasteiger partial charge in [0, 0.05) is 6.92 Å². The number of carbonyl (C=O) groups excluding carboxylic acids is 1. The number of hydrogen-bond acceptors (Lipinski definition) is 5. The quantitative estimate of drug-likeness (QED) is 0.212. The summed E-state index contributed by atoms with van der Waals surface area (Å²) in [6, 6.07) is 6.33. The summed E-state index contributed by atoms with van der Waals surface area (Å²) < 4.78 is 66.6. The molecule has 0 saturated carbocycles. The van der Waals surface area contributed by atoms with Crippen LogP contribution in [0.4, 0.5) is 13.2 Å². The Hall–Kier alpha value is -3.48. The summed E-state index contributed by atoms with van der Waals surface area (Å²) in [6.45, 7) is 4.40. The second kappa shape index (κ2) is 11.6. The molecular formula is C26H28F3N3O7P+. The highest BCUT2D eigenvalue weighted by Crippen LogP contribution is 2.36. The van der Waals surface area contributed by atoms with Gasteiger partial charge in [-0.1, -0.05) is 12.1 Å². The van der Waals surface area contributed by atoms with Gasteiger partial charge in [-0.3, -0.25) is 4.79 Å². The van der Waals surface area contributed by atoms with Gasteiger partial charge in [-0.25, -0.2) is 26.8 Å². The zero-order chi connectivity index (χ0) is 29.4. The zero-order valence-electron chi connectivity index (χ0n) is 21.7. The summed E-state index contributed by atoms with van der Waals surface area (Å²) in [5.41, 5.74) is 1.17. The van der Waals surface area contributed by atoms with Gasteiger partial charge < -0.3 is 24.5 Å². The van der Waals surface area contributed by atoms with Gasteiger partial charge in [0.2, 0.25) is 6.73 Å². The fraction of sp³-hybridized carbons (Fsp3) is 0.308. The number of imidazole rings is 1. The number of morpholine rings is 1. The lowest BCUT2D eigenvalue weighted by Gasteiger charge is -2.39. The monoisotopic (exact) mass is 582 g/mol. The number of amides is 1. The van der Waals surface area contributed by atoms with Crippen molar-refractivity contribution in [2.24, 2.45) is 0 Å². The number of aliphatic hydroxyl groups is 1. The van der Waals surface area contributed by atoms with Gasteiger partial charge in [-0.2, -0.15) is 4.57 Å². The maximum atomic E-state index is 15.1. The average molecular weight is 582 g/mol. The third kappa shape index (κ3) is 6.62. The van der Waals surface area contributed by atoms with E-state index in [0.29, 0.717) is 11.3 Å². The van der Waals surface area contributed by atoms with Crippen molar-refractivity contribution < 1.29 is 51.3 Å². The average Bonchev–Trinajstić information content (AvgIpc) is 3.22. The number of phosphoric acid groups is 1. The minimum absolute atomic E-state index is 0.0662. The van der Waals surface area contributed by atoms with Crippen LogP contribution in [0.25, 0.3) is 11.8 Å². The Labute approximate surface area is 227 Å². The molecule has 40 heavy (non-hydrogen) atoms. The van der Waals surface area contributed by atoms with E-state index in [9.17, 15) is 23.2 Å². The smallest absolute Gasteiger partial charge is 0.472 e. The number of aliphatic hydroxyl groups excluding tert-OH is 1. The van der Waals surface area contributed by atoms with Crippen molar-refractivity contribution >= 4 is 19.8 Å². The van der Waals surface area contributed by atoms with Gasteiger partial charge in [0.25, 0.3) is 12.2 Å². The number of ether oxygens (including phenoxy) is 1. The van der Waals surface area contributed by atoms with Crippen molar-refractivity contribution in [1.29, 1.82) is 0 Å². The molecule has 4 rings (SSSR count). The Morgan fingerprint density at radius 2 is 1.90 bits per heavy atom. The summed E-state index contributed by atoms with van der Waals surface area (Å²) in [5, 5.41) is 10.5. The van der Waals surface area contributed by atoms with E-state index < -0.39 is 56.2 Å². The predicted molar refractivity (Wildman–Crippen MR) is 135 cm³/mol. The van der Waals surface area contributed by atoms with Crippen molar-refractivity contribution in [3.05, 3.63) is 89.0 Å². The number of halogens is 3. The zero-order valence-corrected chi connectivity index (χ0v) is 22.6. The fourth-order valence-electron chi connectivity index (χ4n) is 4.48. The first-order valence-electron chi connectivity index (χ1n) is 12.1. The van der Waals surface area contributed by atoms with Crippen LogP contribution in [-0.2, 0) is 25.4 Å². The first kappa shape index (κ1) is 29.5. The van der Waals surface area contributed by atoms with E-state index in [4.69, 9.17) is 14.5 Å². The van der Waals surface area contributed by atoms with Crippen LogP contribution in [0.1, 0.15) is 36.7 Å². The maximum Gasteiger partial charge on any atom is 0.472 e. The topological polar surface area (TPSA) is 125 Å². The molecule has 1 amide bonds. The van der Waals surface area contributed by atoms with Crippen LogP contribution in [0.15, 0.2) is 54.7 Å². The van der Waals surface area contributed by atoms with Crippen molar-refractivity contribution in [2.75, 3.05) is 6.54 Å². The number of aryl methyl sites for hydroxylation is 1. The normalized spacial score (nSPS) is 18.6. The number of phosphoric ester groups is 1. The molecule has 0 unspecified atom stereocenters. The second-order valence-corrected chi connectivity index (χ2v) is 10.7. The van der Waals surface area contributed by atoms with Crippen molar-refractivity contribution in [1.82, 2.24) is 9.47 Å². The molecule has 0 aliphatic carbocycles. The summed E-state index contributed by atoms with van der Waals surface area (Å²) in [4.78, 5) is 32.5. The third-order valence-corrected chi connectivity index (χ3v) is 6.74. The highest BCUT2D eigenvalue weighted by atomic mass is 31.2. The van der Waals surface area contributed by atoms with E-state index in [-0.39, 0.29) is 23.6 Å². The van der Waals surface area contributed by atoms with E-state index in [2.05, 4.69) is 4.52 Å².